The third kappa shape index (κ3) is 3.65. The fourth-order valence-corrected chi connectivity index (χ4v) is 2.94. The van der Waals surface area contributed by atoms with Gasteiger partial charge in [0.05, 0.1) is 18.6 Å². The van der Waals surface area contributed by atoms with Crippen molar-refractivity contribution >= 4 is 11.8 Å². The van der Waals surface area contributed by atoms with E-state index in [2.05, 4.69) is 5.32 Å². The maximum absolute atomic E-state index is 12.5. The first kappa shape index (κ1) is 16.5. The molecule has 0 spiro atoms. The molecule has 5 nitrogen and oxygen atoms in total. The van der Waals surface area contributed by atoms with E-state index in [9.17, 15) is 9.59 Å². The summed E-state index contributed by atoms with van der Waals surface area (Å²) in [6, 6.07) is 7.84. The fraction of sp³-hybridized carbons (Fsp3) is 0.529. The highest BCUT2D eigenvalue weighted by Gasteiger charge is 2.38. The molecule has 1 heterocycles. The summed E-state index contributed by atoms with van der Waals surface area (Å²) in [5.74, 6) is -0.143. The van der Waals surface area contributed by atoms with Gasteiger partial charge in [0, 0.05) is 27.1 Å². The van der Waals surface area contributed by atoms with Gasteiger partial charge in [0.25, 0.3) is 0 Å². The number of methoxy groups -OCH3 is 1. The predicted octanol–water partition coefficient (Wildman–Crippen LogP) is 1.67. The molecule has 2 amide bonds. The van der Waals surface area contributed by atoms with Crippen LogP contribution in [-0.4, -0.2) is 44.0 Å². The van der Waals surface area contributed by atoms with Crippen LogP contribution < -0.4 is 5.32 Å². The van der Waals surface area contributed by atoms with Gasteiger partial charge in [0.2, 0.25) is 11.8 Å². The second-order valence-corrected chi connectivity index (χ2v) is 5.79. The number of rotatable bonds is 5. The molecule has 1 aliphatic heterocycles. The Balaban J connectivity index is 2.20. The number of amides is 2. The first-order valence-electron chi connectivity index (χ1n) is 7.63. The molecular formula is C17H24N2O3. The van der Waals surface area contributed by atoms with Crippen LogP contribution in [0.3, 0.4) is 0 Å². The lowest BCUT2D eigenvalue weighted by molar-refractivity contribution is -0.141. The highest BCUT2D eigenvalue weighted by Crippen LogP contribution is 2.35. The Labute approximate surface area is 131 Å². The molecule has 0 radical (unpaired) electrons. The number of nitrogens with one attached hydrogen (secondary N) is 1. The van der Waals surface area contributed by atoms with Crippen LogP contribution in [-0.2, 0) is 14.3 Å². The molecule has 0 bridgehead atoms. The van der Waals surface area contributed by atoms with Crippen molar-refractivity contribution in [2.75, 3.05) is 27.3 Å². The molecule has 22 heavy (non-hydrogen) atoms. The van der Waals surface area contributed by atoms with Crippen LogP contribution in [0.5, 0.6) is 0 Å². The van der Waals surface area contributed by atoms with Gasteiger partial charge in [0.15, 0.2) is 0 Å². The topological polar surface area (TPSA) is 58.6 Å². The molecule has 1 saturated heterocycles. The van der Waals surface area contributed by atoms with Gasteiger partial charge in [-0.2, -0.15) is 0 Å². The van der Waals surface area contributed by atoms with E-state index in [0.29, 0.717) is 26.0 Å². The van der Waals surface area contributed by atoms with Gasteiger partial charge in [-0.25, -0.2) is 0 Å². The number of hydrogen-bond acceptors (Lipinski definition) is 3. The third-order valence-corrected chi connectivity index (χ3v) is 4.22. The lowest BCUT2D eigenvalue weighted by Gasteiger charge is -2.38. The average molecular weight is 304 g/mol. The standard InChI is InChI=1S/C17H24N2O3/c1-12-4-6-13(7-5-12)16-14(8-9-15(20)19(16)2)17(21)18-10-11-22-3/h4-7,14,16H,8-11H2,1-3H3,(H,18,21). The zero-order valence-electron chi connectivity index (χ0n) is 13.5. The molecule has 1 aromatic rings. The minimum Gasteiger partial charge on any atom is -0.383 e. The number of aryl methyl sites for hydroxylation is 1. The van der Waals surface area contributed by atoms with Crippen molar-refractivity contribution in [3.63, 3.8) is 0 Å². The van der Waals surface area contributed by atoms with Crippen molar-refractivity contribution in [1.82, 2.24) is 10.2 Å². The monoisotopic (exact) mass is 304 g/mol. The quantitative estimate of drug-likeness (QED) is 0.842. The van der Waals surface area contributed by atoms with E-state index in [1.54, 1.807) is 19.1 Å². The summed E-state index contributed by atoms with van der Waals surface area (Å²) in [4.78, 5) is 26.2. The van der Waals surface area contributed by atoms with Gasteiger partial charge in [-0.1, -0.05) is 29.8 Å². The lowest BCUT2D eigenvalue weighted by Crippen LogP contribution is -2.46. The molecule has 1 aromatic carbocycles. The number of nitrogens with zero attached hydrogens (tertiary/aromatic N) is 1. The Morgan fingerprint density at radius 1 is 1.36 bits per heavy atom. The molecule has 1 N–H and O–H groups in total. The summed E-state index contributed by atoms with van der Waals surface area (Å²) in [7, 11) is 3.38. The number of likely N-dealkylation sites (tertiary alicyclic amines) is 1. The smallest absolute Gasteiger partial charge is 0.225 e. The molecule has 1 aliphatic rings. The minimum atomic E-state index is -0.220. The highest BCUT2D eigenvalue weighted by atomic mass is 16.5. The van der Waals surface area contributed by atoms with E-state index >= 15 is 0 Å². The number of benzene rings is 1. The van der Waals surface area contributed by atoms with Crippen LogP contribution >= 0.6 is 0 Å². The maximum atomic E-state index is 12.5. The van der Waals surface area contributed by atoms with Crippen molar-refractivity contribution in [1.29, 1.82) is 0 Å². The van der Waals surface area contributed by atoms with E-state index in [0.717, 1.165) is 11.1 Å². The van der Waals surface area contributed by atoms with E-state index in [-0.39, 0.29) is 23.8 Å². The van der Waals surface area contributed by atoms with Crippen molar-refractivity contribution in [2.45, 2.75) is 25.8 Å². The lowest BCUT2D eigenvalue weighted by atomic mass is 9.83. The normalized spacial score (nSPS) is 21.8. The van der Waals surface area contributed by atoms with E-state index in [1.165, 1.54) is 0 Å². The van der Waals surface area contributed by atoms with Crippen molar-refractivity contribution in [3.8, 4) is 0 Å². The van der Waals surface area contributed by atoms with Crippen LogP contribution in [0.4, 0.5) is 0 Å². The second kappa shape index (κ2) is 7.40. The van der Waals surface area contributed by atoms with Gasteiger partial charge in [-0.15, -0.1) is 0 Å². The SMILES string of the molecule is COCCNC(=O)C1CCC(=O)N(C)C1c1ccc(C)cc1. The summed E-state index contributed by atoms with van der Waals surface area (Å²) in [5, 5.41) is 2.90. The zero-order valence-corrected chi connectivity index (χ0v) is 13.5. The van der Waals surface area contributed by atoms with Crippen LogP contribution in [0, 0.1) is 12.8 Å². The van der Waals surface area contributed by atoms with Gasteiger partial charge in [0.1, 0.15) is 0 Å². The zero-order chi connectivity index (χ0) is 16.1. The van der Waals surface area contributed by atoms with Crippen LogP contribution in [0.2, 0.25) is 0 Å². The fourth-order valence-electron chi connectivity index (χ4n) is 2.94. The number of carbonyl (C=O) groups excluding carboxylic acids is 2. The van der Waals surface area contributed by atoms with Gasteiger partial charge >= 0.3 is 0 Å². The Bertz CT molecular complexity index is 527. The third-order valence-electron chi connectivity index (χ3n) is 4.22. The van der Waals surface area contributed by atoms with Gasteiger partial charge in [-0.05, 0) is 18.9 Å². The molecule has 2 unspecified atom stereocenters. The molecule has 0 saturated carbocycles. The summed E-state index contributed by atoms with van der Waals surface area (Å²) in [5.41, 5.74) is 2.17. The highest BCUT2D eigenvalue weighted by molar-refractivity contribution is 5.84. The molecule has 1 fully saturated rings. The Kier molecular flexibility index (Phi) is 5.55. The average Bonchev–Trinajstić information content (AvgIpc) is 2.51. The van der Waals surface area contributed by atoms with E-state index < -0.39 is 0 Å². The number of ether oxygens (including phenoxy) is 1. The first-order valence-corrected chi connectivity index (χ1v) is 7.63. The molecule has 5 heteroatoms. The summed E-state index contributed by atoms with van der Waals surface area (Å²) in [6.45, 7) is 3.00. The largest absolute Gasteiger partial charge is 0.383 e. The predicted molar refractivity (Wildman–Crippen MR) is 84.3 cm³/mol. The van der Waals surface area contributed by atoms with Crippen molar-refractivity contribution < 1.29 is 14.3 Å². The van der Waals surface area contributed by atoms with E-state index in [4.69, 9.17) is 4.74 Å². The Morgan fingerprint density at radius 3 is 2.68 bits per heavy atom. The molecule has 0 aliphatic carbocycles. The Morgan fingerprint density at radius 2 is 2.05 bits per heavy atom. The van der Waals surface area contributed by atoms with Crippen molar-refractivity contribution in [3.05, 3.63) is 35.4 Å². The summed E-state index contributed by atoms with van der Waals surface area (Å²) in [6.07, 6.45) is 1.00. The molecule has 2 atom stereocenters. The van der Waals surface area contributed by atoms with Crippen LogP contribution in [0.25, 0.3) is 0 Å². The number of hydrogen-bond donors (Lipinski definition) is 1. The van der Waals surface area contributed by atoms with Gasteiger partial charge < -0.3 is 15.0 Å². The number of carbonyl (C=O) groups is 2. The molecule has 120 valence electrons. The Hall–Kier alpha value is -1.88. The number of piperidine rings is 1. The van der Waals surface area contributed by atoms with Gasteiger partial charge in [-0.3, -0.25) is 9.59 Å². The first-order chi connectivity index (χ1) is 10.5. The van der Waals surface area contributed by atoms with Crippen molar-refractivity contribution in [2.24, 2.45) is 5.92 Å². The van der Waals surface area contributed by atoms with Crippen LogP contribution in [0.1, 0.15) is 30.0 Å². The summed E-state index contributed by atoms with van der Waals surface area (Å²) < 4.78 is 4.96. The maximum Gasteiger partial charge on any atom is 0.225 e. The van der Waals surface area contributed by atoms with E-state index in [1.807, 2.05) is 31.2 Å². The summed E-state index contributed by atoms with van der Waals surface area (Å²) >= 11 is 0. The molecule has 2 rings (SSSR count). The second-order valence-electron chi connectivity index (χ2n) is 5.79. The minimum absolute atomic E-state index is 0.0121. The van der Waals surface area contributed by atoms with Crippen LogP contribution in [0.15, 0.2) is 24.3 Å². The molecular weight excluding hydrogens is 280 g/mol. The molecule has 0 aromatic heterocycles.